The molecule has 2 unspecified atom stereocenters. The van der Waals surface area contributed by atoms with Gasteiger partial charge in [-0.25, -0.2) is 0 Å². The van der Waals surface area contributed by atoms with Crippen molar-refractivity contribution >= 4 is 5.97 Å². The summed E-state index contributed by atoms with van der Waals surface area (Å²) in [6.45, 7) is 4.68. The van der Waals surface area contributed by atoms with Gasteiger partial charge in [-0.1, -0.05) is 44.2 Å². The second kappa shape index (κ2) is 5.53. The topological polar surface area (TPSA) is 49.3 Å². The molecule has 1 aromatic rings. The van der Waals surface area contributed by atoms with E-state index in [1.165, 1.54) is 12.0 Å². The van der Waals surface area contributed by atoms with Crippen molar-refractivity contribution in [1.29, 1.82) is 0 Å². The van der Waals surface area contributed by atoms with Gasteiger partial charge in [-0.15, -0.1) is 0 Å². The van der Waals surface area contributed by atoms with E-state index < -0.39 is 12.0 Å². The minimum Gasteiger partial charge on any atom is -0.480 e. The van der Waals surface area contributed by atoms with Crippen LogP contribution in [0.4, 0.5) is 0 Å². The lowest BCUT2D eigenvalue weighted by Crippen LogP contribution is -2.41. The van der Waals surface area contributed by atoms with E-state index in [9.17, 15) is 4.79 Å². The van der Waals surface area contributed by atoms with E-state index in [1.54, 1.807) is 0 Å². The van der Waals surface area contributed by atoms with Crippen LogP contribution in [-0.4, -0.2) is 23.7 Å². The zero-order valence-corrected chi connectivity index (χ0v) is 11.0. The van der Waals surface area contributed by atoms with Crippen molar-refractivity contribution < 1.29 is 9.90 Å². The summed E-state index contributed by atoms with van der Waals surface area (Å²) in [6.07, 6.45) is 1.17. The fourth-order valence-corrected chi connectivity index (χ4v) is 2.47. The van der Waals surface area contributed by atoms with Crippen molar-refractivity contribution in [2.45, 2.75) is 32.2 Å². The summed E-state index contributed by atoms with van der Waals surface area (Å²) in [5.74, 6) is 0.576. The van der Waals surface area contributed by atoms with E-state index in [0.717, 1.165) is 6.54 Å². The Kier molecular flexibility index (Phi) is 4.02. The van der Waals surface area contributed by atoms with Crippen molar-refractivity contribution in [3.8, 4) is 0 Å². The molecule has 0 spiro atoms. The fraction of sp³-hybridized carbons (Fsp3) is 0.533. The van der Waals surface area contributed by atoms with Crippen LogP contribution in [-0.2, 0) is 4.79 Å². The summed E-state index contributed by atoms with van der Waals surface area (Å²) >= 11 is 0. The first kappa shape index (κ1) is 13.1. The molecule has 2 N–H and O–H groups in total. The first-order valence-corrected chi connectivity index (χ1v) is 6.60. The second-order valence-electron chi connectivity index (χ2n) is 5.48. The average molecular weight is 247 g/mol. The van der Waals surface area contributed by atoms with E-state index in [1.807, 2.05) is 19.9 Å². The number of carboxylic acid groups (broad SMARTS) is 1. The monoisotopic (exact) mass is 247 g/mol. The minimum atomic E-state index is -0.748. The Morgan fingerprint density at radius 1 is 1.39 bits per heavy atom. The number of aliphatic carboxylic acids is 1. The van der Waals surface area contributed by atoms with Crippen LogP contribution in [0.5, 0.6) is 0 Å². The Balaban J connectivity index is 1.82. The maximum Gasteiger partial charge on any atom is 0.320 e. The quantitative estimate of drug-likeness (QED) is 0.812. The lowest BCUT2D eigenvalue weighted by atomic mass is 10.0. The molecule has 1 saturated carbocycles. The van der Waals surface area contributed by atoms with Gasteiger partial charge < -0.3 is 10.4 Å². The van der Waals surface area contributed by atoms with E-state index >= 15 is 0 Å². The molecule has 1 aromatic carbocycles. The summed E-state index contributed by atoms with van der Waals surface area (Å²) in [6, 6.07) is 10.0. The maximum atomic E-state index is 11.1. The highest BCUT2D eigenvalue weighted by molar-refractivity contribution is 5.73. The number of carboxylic acids is 1. The number of carbonyl (C=O) groups is 1. The van der Waals surface area contributed by atoms with Crippen LogP contribution in [0.25, 0.3) is 0 Å². The average Bonchev–Trinajstić information content (AvgIpc) is 3.09. The largest absolute Gasteiger partial charge is 0.480 e. The number of hydrogen-bond acceptors (Lipinski definition) is 2. The number of rotatable bonds is 6. The molecule has 0 radical (unpaired) electrons. The summed E-state index contributed by atoms with van der Waals surface area (Å²) < 4.78 is 0. The van der Waals surface area contributed by atoms with Crippen LogP contribution in [0, 0.1) is 11.8 Å². The third-order valence-corrected chi connectivity index (χ3v) is 3.68. The van der Waals surface area contributed by atoms with Crippen LogP contribution in [0.1, 0.15) is 31.7 Å². The molecule has 3 heteroatoms. The molecule has 0 heterocycles. The number of benzene rings is 1. The zero-order chi connectivity index (χ0) is 13.1. The van der Waals surface area contributed by atoms with E-state index in [0.29, 0.717) is 11.8 Å². The van der Waals surface area contributed by atoms with Gasteiger partial charge in [-0.05, 0) is 36.3 Å². The van der Waals surface area contributed by atoms with Gasteiger partial charge in [0.05, 0.1) is 0 Å². The Morgan fingerprint density at radius 3 is 2.61 bits per heavy atom. The standard InChI is InChI=1S/C15H21NO2/c1-10(2)14(15(17)18)16-9-12-8-13(12)11-6-4-3-5-7-11/h3-7,10,12-14,16H,8-9H2,1-2H3,(H,17,18)/t12?,13?,14-/m0/s1. The zero-order valence-electron chi connectivity index (χ0n) is 11.0. The highest BCUT2D eigenvalue weighted by Crippen LogP contribution is 2.46. The highest BCUT2D eigenvalue weighted by atomic mass is 16.4. The lowest BCUT2D eigenvalue weighted by Gasteiger charge is -2.17. The predicted octanol–water partition coefficient (Wildman–Crippen LogP) is 2.49. The molecule has 1 aliphatic rings. The van der Waals surface area contributed by atoms with Gasteiger partial charge in [-0.3, -0.25) is 4.79 Å². The van der Waals surface area contributed by atoms with E-state index in [-0.39, 0.29) is 5.92 Å². The molecular weight excluding hydrogens is 226 g/mol. The van der Waals surface area contributed by atoms with Gasteiger partial charge in [0.1, 0.15) is 6.04 Å². The number of hydrogen-bond donors (Lipinski definition) is 2. The van der Waals surface area contributed by atoms with E-state index in [4.69, 9.17) is 5.11 Å². The summed E-state index contributed by atoms with van der Waals surface area (Å²) in [4.78, 5) is 11.1. The molecule has 3 nitrogen and oxygen atoms in total. The molecule has 3 atom stereocenters. The Bertz CT molecular complexity index is 402. The van der Waals surface area contributed by atoms with Crippen molar-refractivity contribution in [3.05, 3.63) is 35.9 Å². The van der Waals surface area contributed by atoms with Gasteiger partial charge in [0.2, 0.25) is 0 Å². The minimum absolute atomic E-state index is 0.122. The van der Waals surface area contributed by atoms with Crippen LogP contribution in [0.3, 0.4) is 0 Å². The van der Waals surface area contributed by atoms with Crippen molar-refractivity contribution in [3.63, 3.8) is 0 Å². The smallest absolute Gasteiger partial charge is 0.320 e. The third kappa shape index (κ3) is 3.10. The Morgan fingerprint density at radius 2 is 2.06 bits per heavy atom. The van der Waals surface area contributed by atoms with Crippen molar-refractivity contribution in [2.24, 2.45) is 11.8 Å². The van der Waals surface area contributed by atoms with Crippen LogP contribution in [0.2, 0.25) is 0 Å². The van der Waals surface area contributed by atoms with Crippen molar-refractivity contribution in [1.82, 2.24) is 5.32 Å². The fourth-order valence-electron chi connectivity index (χ4n) is 2.47. The molecule has 18 heavy (non-hydrogen) atoms. The number of nitrogens with one attached hydrogen (secondary N) is 1. The first-order chi connectivity index (χ1) is 8.59. The van der Waals surface area contributed by atoms with Gasteiger partial charge in [0, 0.05) is 0 Å². The van der Waals surface area contributed by atoms with Crippen LogP contribution >= 0.6 is 0 Å². The SMILES string of the molecule is CC(C)[C@H](NCC1CC1c1ccccc1)C(=O)O. The predicted molar refractivity (Wildman–Crippen MR) is 71.6 cm³/mol. The van der Waals surface area contributed by atoms with Gasteiger partial charge >= 0.3 is 5.97 Å². The van der Waals surface area contributed by atoms with Crippen LogP contribution < -0.4 is 5.32 Å². The molecule has 0 aliphatic heterocycles. The van der Waals surface area contributed by atoms with Gasteiger partial charge in [-0.2, -0.15) is 0 Å². The molecule has 1 fully saturated rings. The van der Waals surface area contributed by atoms with Crippen LogP contribution in [0.15, 0.2) is 30.3 Å². The molecular formula is C15H21NO2. The normalized spacial score (nSPS) is 23.9. The molecule has 0 amide bonds. The second-order valence-corrected chi connectivity index (χ2v) is 5.48. The molecule has 1 aliphatic carbocycles. The van der Waals surface area contributed by atoms with E-state index in [2.05, 4.69) is 29.6 Å². The van der Waals surface area contributed by atoms with Crippen molar-refractivity contribution in [2.75, 3.05) is 6.54 Å². The Labute approximate surface area is 108 Å². The highest BCUT2D eigenvalue weighted by Gasteiger charge is 2.38. The molecule has 98 valence electrons. The molecule has 2 rings (SSSR count). The maximum absolute atomic E-state index is 11.1. The Hall–Kier alpha value is -1.35. The molecule has 0 saturated heterocycles. The third-order valence-electron chi connectivity index (χ3n) is 3.68. The summed E-state index contributed by atoms with van der Waals surface area (Å²) in [7, 11) is 0. The molecule has 0 bridgehead atoms. The van der Waals surface area contributed by atoms with Gasteiger partial charge in [0.15, 0.2) is 0 Å². The summed E-state index contributed by atoms with van der Waals surface area (Å²) in [5.41, 5.74) is 1.38. The first-order valence-electron chi connectivity index (χ1n) is 6.60. The summed E-state index contributed by atoms with van der Waals surface area (Å²) in [5, 5.41) is 12.3. The van der Waals surface area contributed by atoms with Gasteiger partial charge in [0.25, 0.3) is 0 Å². The molecule has 0 aromatic heterocycles. The lowest BCUT2D eigenvalue weighted by molar-refractivity contribution is -0.140.